The molecule has 0 radical (unpaired) electrons. The molecule has 2 heterocycles. The largest absolute Gasteiger partial charge is 0.309 e. The van der Waals surface area contributed by atoms with Gasteiger partial charge in [0, 0.05) is 32.7 Å². The molecule has 17 rings (SSSR count). The van der Waals surface area contributed by atoms with E-state index in [1.165, 1.54) is 149 Å². The van der Waals surface area contributed by atoms with Crippen molar-refractivity contribution in [1.29, 1.82) is 0 Å². The van der Waals surface area contributed by atoms with Gasteiger partial charge in [-0.3, -0.25) is 0 Å². The van der Waals surface area contributed by atoms with Crippen molar-refractivity contribution in [2.45, 2.75) is 5.41 Å². The highest BCUT2D eigenvalue weighted by Crippen LogP contribution is 2.58. The molecule has 2 heteroatoms. The van der Waals surface area contributed by atoms with E-state index in [4.69, 9.17) is 0 Å². The van der Waals surface area contributed by atoms with E-state index in [2.05, 4.69) is 349 Å². The summed E-state index contributed by atoms with van der Waals surface area (Å²) < 4.78 is 4.90. The second-order valence-electron chi connectivity index (χ2n) is 23.1. The molecule has 406 valence electrons. The molecule has 2 nitrogen and oxygen atoms in total. The van der Waals surface area contributed by atoms with Gasteiger partial charge < -0.3 is 9.13 Å². The average Bonchev–Trinajstić information content (AvgIpc) is 1.60. The van der Waals surface area contributed by atoms with Gasteiger partial charge in [0.05, 0.1) is 38.9 Å². The molecular weight excluding hydrogens is 1050 g/mol. The summed E-state index contributed by atoms with van der Waals surface area (Å²) >= 11 is 0. The van der Waals surface area contributed by atoms with Crippen LogP contribution in [-0.2, 0) is 5.41 Å². The number of hydrogen-bond donors (Lipinski definition) is 0. The van der Waals surface area contributed by atoms with Crippen LogP contribution in [0.1, 0.15) is 22.3 Å². The maximum atomic E-state index is 2.46. The lowest BCUT2D eigenvalue weighted by Crippen LogP contribution is -2.29. The molecule has 0 spiro atoms. The third-order valence-electron chi connectivity index (χ3n) is 18.5. The maximum Gasteiger partial charge on any atom is 0.0719 e. The number of rotatable bonds is 10. The predicted octanol–water partition coefficient (Wildman–Crippen LogP) is 22.2. The number of nitrogens with zero attached hydrogens (tertiary/aromatic N) is 2. The van der Waals surface area contributed by atoms with Crippen LogP contribution < -0.4 is 0 Å². The van der Waals surface area contributed by atoms with Crippen LogP contribution in [0, 0.1) is 0 Å². The second kappa shape index (κ2) is 20.5. The van der Waals surface area contributed by atoms with Crippen LogP contribution in [0.2, 0.25) is 0 Å². The minimum Gasteiger partial charge on any atom is -0.309 e. The predicted molar refractivity (Wildman–Crippen MR) is 365 cm³/mol. The summed E-state index contributed by atoms with van der Waals surface area (Å²) in [6, 6.07) is 126. The van der Waals surface area contributed by atoms with Crippen LogP contribution in [-0.4, -0.2) is 9.13 Å². The highest BCUT2D eigenvalue weighted by atomic mass is 15.0. The summed E-state index contributed by atoms with van der Waals surface area (Å²) in [5.74, 6) is 0. The van der Waals surface area contributed by atoms with Gasteiger partial charge >= 0.3 is 0 Å². The van der Waals surface area contributed by atoms with Gasteiger partial charge in [0.2, 0.25) is 0 Å². The van der Waals surface area contributed by atoms with Crippen molar-refractivity contribution in [2.24, 2.45) is 0 Å². The lowest BCUT2D eigenvalue weighted by atomic mass is 9.65. The highest BCUT2D eigenvalue weighted by molar-refractivity contribution is 6.13. The van der Waals surface area contributed by atoms with E-state index < -0.39 is 5.41 Å². The Morgan fingerprint density at radius 3 is 1.01 bits per heavy atom. The van der Waals surface area contributed by atoms with Crippen molar-refractivity contribution in [2.75, 3.05) is 0 Å². The van der Waals surface area contributed by atoms with E-state index in [0.29, 0.717) is 0 Å². The quantitative estimate of drug-likeness (QED) is 0.129. The summed E-state index contributed by atoms with van der Waals surface area (Å²) in [5, 5.41) is 4.93. The van der Waals surface area contributed by atoms with Crippen LogP contribution >= 0.6 is 0 Å². The molecule has 0 unspecified atom stereocenters. The van der Waals surface area contributed by atoms with Crippen LogP contribution in [0.4, 0.5) is 0 Å². The molecule has 1 aliphatic rings. The van der Waals surface area contributed by atoms with Crippen molar-refractivity contribution in [1.82, 2.24) is 9.13 Å². The number of benzene rings is 14. The van der Waals surface area contributed by atoms with Crippen LogP contribution in [0.15, 0.2) is 340 Å². The molecule has 0 atom stereocenters. The lowest BCUT2D eigenvalue weighted by molar-refractivity contribution is 0.771. The Morgan fingerprint density at radius 1 is 0.184 bits per heavy atom. The van der Waals surface area contributed by atoms with Gasteiger partial charge in [0.1, 0.15) is 0 Å². The van der Waals surface area contributed by atoms with Crippen LogP contribution in [0.5, 0.6) is 0 Å². The van der Waals surface area contributed by atoms with Crippen molar-refractivity contribution in [3.8, 4) is 89.3 Å². The number of para-hydroxylation sites is 4. The first-order valence-electron chi connectivity index (χ1n) is 30.1. The SMILES string of the molecule is c1ccc(-c2ccccc2-n2c3ccccc3c3cc(-c4ccc5c(c4)c4ccccc4n5-c4ccccc4-c4ccc(-c5ccc(-c6cccc(C7(c8ccccc8-c8ccccc8)c8ccccc8-c8ccccc87)c6)cc5)cc4)ccc32)cc1. The van der Waals surface area contributed by atoms with Crippen molar-refractivity contribution in [3.63, 3.8) is 0 Å². The number of fused-ring (bicyclic) bond motifs is 9. The summed E-state index contributed by atoms with van der Waals surface area (Å²) in [7, 11) is 0. The van der Waals surface area contributed by atoms with E-state index in [9.17, 15) is 0 Å². The first-order chi connectivity index (χ1) is 43.2. The monoisotopic (exact) mass is 1100 g/mol. The Hall–Kier alpha value is -11.3. The molecule has 0 saturated carbocycles. The molecule has 87 heavy (non-hydrogen) atoms. The van der Waals surface area contributed by atoms with Crippen LogP contribution in [0.25, 0.3) is 133 Å². The second-order valence-corrected chi connectivity index (χ2v) is 23.1. The number of hydrogen-bond acceptors (Lipinski definition) is 0. The van der Waals surface area contributed by atoms with Gasteiger partial charge in [-0.2, -0.15) is 0 Å². The molecule has 14 aromatic carbocycles. The molecular formula is C85H56N2. The minimum absolute atomic E-state index is 0.541. The molecule has 16 aromatic rings. The third kappa shape index (κ3) is 8.03. The first-order valence-corrected chi connectivity index (χ1v) is 30.1. The van der Waals surface area contributed by atoms with E-state index in [0.717, 1.165) is 5.69 Å². The molecule has 2 aromatic heterocycles. The molecule has 0 amide bonds. The minimum atomic E-state index is -0.541. The van der Waals surface area contributed by atoms with Crippen molar-refractivity contribution >= 4 is 43.6 Å². The zero-order chi connectivity index (χ0) is 57.4. The Labute approximate surface area is 506 Å². The smallest absolute Gasteiger partial charge is 0.0719 e. The fraction of sp³-hybridized carbons (Fsp3) is 0.0118. The normalized spacial score (nSPS) is 12.5. The molecule has 1 aliphatic carbocycles. The van der Waals surface area contributed by atoms with Crippen molar-refractivity contribution < 1.29 is 0 Å². The van der Waals surface area contributed by atoms with Gasteiger partial charge in [0.25, 0.3) is 0 Å². The van der Waals surface area contributed by atoms with Gasteiger partial charge in [-0.25, -0.2) is 0 Å². The molecule has 0 fully saturated rings. The summed E-state index contributed by atoms with van der Waals surface area (Å²) in [6.45, 7) is 0. The van der Waals surface area contributed by atoms with E-state index in [-0.39, 0.29) is 0 Å². The molecule has 0 saturated heterocycles. The van der Waals surface area contributed by atoms with Gasteiger partial charge in [0.15, 0.2) is 0 Å². The standard InChI is InChI=1S/C85H56N2/c1-3-22-60(23-4-1)67-28-7-14-35-76(67)85(77-36-15-8-31-70(77)71-32-9-16-37-78(71)85)66-27-21-26-63(54-66)59-44-42-57(43-45-59)58-46-48-62(49-47-58)69-30-11-18-39-80(69)87-82-41-20-13-34-73(82)75-56-65(51-53-84(75)87)64-50-52-83-74(55-64)72-33-12-19-40-81(72)86(83)79-38-17-10-29-68(79)61-24-5-2-6-25-61/h1-56H. The average molecular weight is 1110 g/mol. The van der Waals surface area contributed by atoms with E-state index in [1.807, 2.05) is 0 Å². The fourth-order valence-electron chi connectivity index (χ4n) is 14.6. The van der Waals surface area contributed by atoms with Gasteiger partial charge in [-0.05, 0) is 144 Å². The summed E-state index contributed by atoms with van der Waals surface area (Å²) in [4.78, 5) is 0. The highest BCUT2D eigenvalue weighted by Gasteiger charge is 2.47. The zero-order valence-corrected chi connectivity index (χ0v) is 47.7. The summed E-state index contributed by atoms with van der Waals surface area (Å²) in [6.07, 6.45) is 0. The van der Waals surface area contributed by atoms with Gasteiger partial charge in [-0.1, -0.05) is 285 Å². The van der Waals surface area contributed by atoms with Crippen LogP contribution in [0.3, 0.4) is 0 Å². The molecule has 0 aliphatic heterocycles. The molecule has 0 bridgehead atoms. The molecule has 0 N–H and O–H groups in total. The van der Waals surface area contributed by atoms with E-state index >= 15 is 0 Å². The zero-order valence-electron chi connectivity index (χ0n) is 47.7. The van der Waals surface area contributed by atoms with Crippen molar-refractivity contribution in [3.05, 3.63) is 362 Å². The maximum absolute atomic E-state index is 2.46. The lowest BCUT2D eigenvalue weighted by Gasteiger charge is -2.36. The topological polar surface area (TPSA) is 9.86 Å². The third-order valence-corrected chi connectivity index (χ3v) is 18.5. The fourth-order valence-corrected chi connectivity index (χ4v) is 14.6. The Kier molecular flexibility index (Phi) is 11.8. The Morgan fingerprint density at radius 2 is 0.506 bits per heavy atom. The first kappa shape index (κ1) is 50.2. The number of aromatic nitrogens is 2. The van der Waals surface area contributed by atoms with Gasteiger partial charge in [-0.15, -0.1) is 0 Å². The summed E-state index contributed by atoms with van der Waals surface area (Å²) in [5.41, 5.74) is 28.6. The van der Waals surface area contributed by atoms with E-state index in [1.54, 1.807) is 0 Å². The Balaban J connectivity index is 0.701. The Bertz CT molecular complexity index is 5270.